The zero-order valence-electron chi connectivity index (χ0n) is 9.89. The van der Waals surface area contributed by atoms with Crippen LogP contribution in [0.4, 0.5) is 0 Å². The number of aryl methyl sites for hydroxylation is 1. The third kappa shape index (κ3) is 2.46. The van der Waals surface area contributed by atoms with Crippen LogP contribution in [-0.4, -0.2) is 39.5 Å². The van der Waals surface area contributed by atoms with Crippen LogP contribution in [0.15, 0.2) is 12.1 Å². The van der Waals surface area contributed by atoms with Gasteiger partial charge in [-0.2, -0.15) is 0 Å². The summed E-state index contributed by atoms with van der Waals surface area (Å²) in [5.74, 6) is -1.26. The van der Waals surface area contributed by atoms with Gasteiger partial charge in [0.15, 0.2) is 0 Å². The van der Waals surface area contributed by atoms with Crippen LogP contribution in [0.1, 0.15) is 28.9 Å². The molecule has 2 heterocycles. The fraction of sp³-hybridized carbons (Fsp3) is 0.417. The van der Waals surface area contributed by atoms with Crippen LogP contribution in [0.3, 0.4) is 0 Å². The SMILES string of the molecule is Cc1cc(C(=O)N2CCC[C@@H]2C(=O)O)cc(Cl)n1. The number of pyridine rings is 1. The largest absolute Gasteiger partial charge is 0.480 e. The van der Waals surface area contributed by atoms with Crippen molar-refractivity contribution in [3.8, 4) is 0 Å². The van der Waals surface area contributed by atoms with Gasteiger partial charge in [-0.05, 0) is 31.9 Å². The highest BCUT2D eigenvalue weighted by Gasteiger charge is 2.34. The van der Waals surface area contributed by atoms with Crippen LogP contribution >= 0.6 is 11.6 Å². The van der Waals surface area contributed by atoms with E-state index in [1.165, 1.54) is 11.0 Å². The molecular formula is C12H13ClN2O3. The molecule has 1 aromatic rings. The van der Waals surface area contributed by atoms with E-state index in [0.717, 1.165) is 0 Å². The summed E-state index contributed by atoms with van der Waals surface area (Å²) in [4.78, 5) is 28.6. The predicted octanol–water partition coefficient (Wildman–Crippen LogP) is 1.73. The molecule has 0 aliphatic carbocycles. The first kappa shape index (κ1) is 12.8. The first-order valence-corrected chi connectivity index (χ1v) is 6.05. The van der Waals surface area contributed by atoms with Gasteiger partial charge < -0.3 is 10.0 Å². The highest BCUT2D eigenvalue weighted by atomic mass is 35.5. The molecule has 1 amide bonds. The van der Waals surface area contributed by atoms with Crippen molar-refractivity contribution < 1.29 is 14.7 Å². The Labute approximate surface area is 109 Å². The average molecular weight is 269 g/mol. The lowest BCUT2D eigenvalue weighted by Crippen LogP contribution is -2.40. The van der Waals surface area contributed by atoms with E-state index < -0.39 is 12.0 Å². The zero-order chi connectivity index (χ0) is 13.3. The van der Waals surface area contributed by atoms with Crippen molar-refractivity contribution in [3.63, 3.8) is 0 Å². The average Bonchev–Trinajstić information content (AvgIpc) is 2.75. The van der Waals surface area contributed by atoms with Gasteiger partial charge in [0, 0.05) is 17.8 Å². The van der Waals surface area contributed by atoms with Gasteiger partial charge in [-0.1, -0.05) is 11.6 Å². The van der Waals surface area contributed by atoms with Gasteiger partial charge in [-0.15, -0.1) is 0 Å². The minimum absolute atomic E-state index is 0.240. The number of halogens is 1. The summed E-state index contributed by atoms with van der Waals surface area (Å²) in [6.45, 7) is 2.20. The molecule has 96 valence electrons. The third-order valence-electron chi connectivity index (χ3n) is 2.97. The highest BCUT2D eigenvalue weighted by Crippen LogP contribution is 2.21. The van der Waals surface area contributed by atoms with Crippen molar-refractivity contribution in [3.05, 3.63) is 28.5 Å². The van der Waals surface area contributed by atoms with Crippen molar-refractivity contribution in [2.45, 2.75) is 25.8 Å². The summed E-state index contributed by atoms with van der Waals surface area (Å²) < 4.78 is 0. The molecule has 0 unspecified atom stereocenters. The molecule has 6 heteroatoms. The Balaban J connectivity index is 2.28. The molecule has 1 fully saturated rings. The van der Waals surface area contributed by atoms with Gasteiger partial charge in [-0.3, -0.25) is 4.79 Å². The Morgan fingerprint density at radius 1 is 1.50 bits per heavy atom. The monoisotopic (exact) mass is 268 g/mol. The first-order chi connectivity index (χ1) is 8.49. The van der Waals surface area contributed by atoms with Gasteiger partial charge >= 0.3 is 5.97 Å². The maximum atomic E-state index is 12.2. The molecule has 0 spiro atoms. The molecule has 2 rings (SSSR count). The highest BCUT2D eigenvalue weighted by molar-refractivity contribution is 6.29. The Morgan fingerprint density at radius 3 is 2.83 bits per heavy atom. The molecule has 18 heavy (non-hydrogen) atoms. The molecule has 0 saturated carbocycles. The Bertz CT molecular complexity index is 484. The Morgan fingerprint density at radius 2 is 2.22 bits per heavy atom. The smallest absolute Gasteiger partial charge is 0.326 e. The maximum Gasteiger partial charge on any atom is 0.326 e. The topological polar surface area (TPSA) is 70.5 Å². The van der Waals surface area contributed by atoms with Crippen LogP contribution < -0.4 is 0 Å². The number of rotatable bonds is 2. The second-order valence-electron chi connectivity index (χ2n) is 4.31. The molecule has 1 aliphatic heterocycles. The lowest BCUT2D eigenvalue weighted by molar-refractivity contribution is -0.141. The normalized spacial score (nSPS) is 19.0. The second-order valence-corrected chi connectivity index (χ2v) is 4.70. The van der Waals surface area contributed by atoms with Gasteiger partial charge in [-0.25, -0.2) is 9.78 Å². The molecule has 1 aromatic heterocycles. The van der Waals surface area contributed by atoms with E-state index in [-0.39, 0.29) is 11.1 Å². The first-order valence-electron chi connectivity index (χ1n) is 5.67. The molecule has 5 nitrogen and oxygen atoms in total. The van der Waals surface area contributed by atoms with Crippen LogP contribution in [-0.2, 0) is 4.79 Å². The van der Waals surface area contributed by atoms with E-state index in [9.17, 15) is 9.59 Å². The summed E-state index contributed by atoms with van der Waals surface area (Å²) >= 11 is 5.80. The summed E-state index contributed by atoms with van der Waals surface area (Å²) in [6, 6.07) is 2.35. The molecule has 0 radical (unpaired) electrons. The number of nitrogens with zero attached hydrogens (tertiary/aromatic N) is 2. The molecule has 1 N–H and O–H groups in total. The van der Waals surface area contributed by atoms with Crippen LogP contribution in [0.5, 0.6) is 0 Å². The predicted molar refractivity (Wildman–Crippen MR) is 65.7 cm³/mol. The lowest BCUT2D eigenvalue weighted by atomic mass is 10.2. The van der Waals surface area contributed by atoms with Crippen molar-refractivity contribution in [1.82, 2.24) is 9.88 Å². The van der Waals surface area contributed by atoms with Gasteiger partial charge in [0.2, 0.25) is 0 Å². The van der Waals surface area contributed by atoms with Gasteiger partial charge in [0.25, 0.3) is 5.91 Å². The number of carboxylic acids is 1. The van der Waals surface area contributed by atoms with Crippen LogP contribution in [0.2, 0.25) is 5.15 Å². The molecular weight excluding hydrogens is 256 g/mol. The number of hydrogen-bond donors (Lipinski definition) is 1. The van der Waals surface area contributed by atoms with E-state index in [0.29, 0.717) is 30.6 Å². The summed E-state index contributed by atoms with van der Waals surface area (Å²) in [7, 11) is 0. The molecule has 1 saturated heterocycles. The fourth-order valence-corrected chi connectivity index (χ4v) is 2.43. The number of aliphatic carboxylic acids is 1. The van der Waals surface area contributed by atoms with E-state index in [1.54, 1.807) is 13.0 Å². The number of carbonyl (C=O) groups excluding carboxylic acids is 1. The summed E-state index contributed by atoms with van der Waals surface area (Å²) in [6.07, 6.45) is 1.21. The zero-order valence-corrected chi connectivity index (χ0v) is 10.6. The summed E-state index contributed by atoms with van der Waals surface area (Å²) in [5.41, 5.74) is 1.03. The third-order valence-corrected chi connectivity index (χ3v) is 3.16. The minimum atomic E-state index is -0.960. The number of hydrogen-bond acceptors (Lipinski definition) is 3. The Hall–Kier alpha value is -1.62. The molecule has 1 aliphatic rings. The molecule has 0 aromatic carbocycles. The number of carbonyl (C=O) groups is 2. The van der Waals surface area contributed by atoms with Crippen molar-refractivity contribution in [2.75, 3.05) is 6.54 Å². The van der Waals surface area contributed by atoms with Crippen molar-refractivity contribution in [1.29, 1.82) is 0 Å². The number of likely N-dealkylation sites (tertiary alicyclic amines) is 1. The molecule has 1 atom stereocenters. The Kier molecular flexibility index (Phi) is 3.52. The number of amides is 1. The molecule has 0 bridgehead atoms. The number of carboxylic acid groups (broad SMARTS) is 1. The minimum Gasteiger partial charge on any atom is -0.480 e. The van der Waals surface area contributed by atoms with Crippen LogP contribution in [0.25, 0.3) is 0 Å². The lowest BCUT2D eigenvalue weighted by Gasteiger charge is -2.21. The van der Waals surface area contributed by atoms with E-state index in [4.69, 9.17) is 16.7 Å². The summed E-state index contributed by atoms with van der Waals surface area (Å²) in [5, 5.41) is 9.30. The van der Waals surface area contributed by atoms with Crippen LogP contribution in [0, 0.1) is 6.92 Å². The van der Waals surface area contributed by atoms with E-state index in [2.05, 4.69) is 4.98 Å². The number of aromatic nitrogens is 1. The van der Waals surface area contributed by atoms with Gasteiger partial charge in [0.05, 0.1) is 0 Å². The van der Waals surface area contributed by atoms with Crippen molar-refractivity contribution >= 4 is 23.5 Å². The quantitative estimate of drug-likeness (QED) is 0.830. The van der Waals surface area contributed by atoms with Crippen molar-refractivity contribution in [2.24, 2.45) is 0 Å². The maximum absolute atomic E-state index is 12.2. The van der Waals surface area contributed by atoms with E-state index >= 15 is 0 Å². The second kappa shape index (κ2) is 4.94. The fourth-order valence-electron chi connectivity index (χ4n) is 2.18. The standard InChI is InChI=1S/C12H13ClN2O3/c1-7-5-8(6-10(13)14-7)11(16)15-4-2-3-9(15)12(17)18/h5-6,9H,2-4H2,1H3,(H,17,18)/t9-/m1/s1. The van der Waals surface area contributed by atoms with E-state index in [1.807, 2.05) is 0 Å². The van der Waals surface area contributed by atoms with Gasteiger partial charge in [0.1, 0.15) is 11.2 Å².